The summed E-state index contributed by atoms with van der Waals surface area (Å²) in [6, 6.07) is 22.1. The predicted molar refractivity (Wildman–Crippen MR) is 129 cm³/mol. The molecule has 0 aliphatic carbocycles. The number of hydrazone groups is 1. The monoisotopic (exact) mass is 463 g/mol. The Kier molecular flexibility index (Phi) is 6.69. The smallest absolute Gasteiger partial charge is 0.271 e. The Morgan fingerprint density at radius 2 is 1.78 bits per heavy atom. The molecule has 5 nitrogen and oxygen atoms in total. The molecule has 0 saturated carbocycles. The van der Waals surface area contributed by atoms with Crippen LogP contribution in [0.3, 0.4) is 0 Å². The third-order valence-corrected chi connectivity index (χ3v) is 5.31. The molecule has 160 valence electrons. The number of halogens is 2. The molecule has 0 fully saturated rings. The van der Waals surface area contributed by atoms with E-state index in [2.05, 4.69) is 15.5 Å². The molecule has 4 aromatic rings. The van der Waals surface area contributed by atoms with Crippen molar-refractivity contribution in [2.24, 2.45) is 5.10 Å². The predicted octanol–water partition coefficient (Wildman–Crippen LogP) is 6.19. The number of rotatable bonds is 6. The first kappa shape index (κ1) is 21.8. The molecule has 1 amide bonds. The van der Waals surface area contributed by atoms with Gasteiger partial charge in [-0.1, -0.05) is 47.5 Å². The first-order valence-corrected chi connectivity index (χ1v) is 10.6. The molecular formula is C25H19Cl2N3O2. The van der Waals surface area contributed by atoms with Gasteiger partial charge < -0.3 is 4.74 Å². The molecule has 0 bridgehead atoms. The number of aromatic nitrogens is 1. The van der Waals surface area contributed by atoms with Gasteiger partial charge in [0.2, 0.25) is 0 Å². The lowest BCUT2D eigenvalue weighted by Crippen LogP contribution is -2.17. The van der Waals surface area contributed by atoms with Crippen molar-refractivity contribution >= 4 is 46.2 Å². The molecule has 7 heteroatoms. The molecule has 0 aliphatic rings. The lowest BCUT2D eigenvalue weighted by molar-refractivity contribution is 0.0955. The fourth-order valence-electron chi connectivity index (χ4n) is 3.04. The number of benzene rings is 3. The van der Waals surface area contributed by atoms with E-state index >= 15 is 0 Å². The summed E-state index contributed by atoms with van der Waals surface area (Å²) in [5, 5.41) is 5.95. The van der Waals surface area contributed by atoms with Crippen molar-refractivity contribution in [1.82, 2.24) is 10.4 Å². The van der Waals surface area contributed by atoms with Gasteiger partial charge in [-0.3, -0.25) is 4.79 Å². The van der Waals surface area contributed by atoms with Gasteiger partial charge in [0.1, 0.15) is 17.5 Å². The molecule has 0 unspecified atom stereocenters. The Balaban J connectivity index is 1.36. The Bertz CT molecular complexity index is 1290. The van der Waals surface area contributed by atoms with Crippen LogP contribution in [-0.2, 0) is 6.61 Å². The lowest BCUT2D eigenvalue weighted by Gasteiger charge is -2.07. The zero-order valence-electron chi connectivity index (χ0n) is 17.2. The number of aryl methyl sites for hydroxylation is 1. The molecule has 3 aromatic carbocycles. The van der Waals surface area contributed by atoms with Crippen LogP contribution >= 0.6 is 23.2 Å². The van der Waals surface area contributed by atoms with Crippen molar-refractivity contribution < 1.29 is 9.53 Å². The van der Waals surface area contributed by atoms with Gasteiger partial charge in [0.25, 0.3) is 5.91 Å². The molecule has 4 rings (SSSR count). The van der Waals surface area contributed by atoms with Crippen molar-refractivity contribution in [3.63, 3.8) is 0 Å². The fraction of sp³-hybridized carbons (Fsp3) is 0.0800. The summed E-state index contributed by atoms with van der Waals surface area (Å²) in [6.45, 7) is 2.38. The number of hydrogen-bond donors (Lipinski definition) is 1. The summed E-state index contributed by atoms with van der Waals surface area (Å²) in [5.74, 6) is 0.398. The highest BCUT2D eigenvalue weighted by Gasteiger charge is 2.06. The number of ether oxygens (including phenoxy) is 1. The second-order valence-corrected chi connectivity index (χ2v) is 8.00. The van der Waals surface area contributed by atoms with Gasteiger partial charge in [-0.15, -0.1) is 0 Å². The topological polar surface area (TPSA) is 63.6 Å². The Hall–Kier alpha value is -3.41. The van der Waals surface area contributed by atoms with E-state index < -0.39 is 0 Å². The molecule has 0 atom stereocenters. The van der Waals surface area contributed by atoms with E-state index in [1.165, 1.54) is 6.21 Å². The van der Waals surface area contributed by atoms with Gasteiger partial charge in [-0.25, -0.2) is 10.4 Å². The number of pyridine rings is 1. The van der Waals surface area contributed by atoms with E-state index in [0.29, 0.717) is 27.9 Å². The highest BCUT2D eigenvalue weighted by atomic mass is 35.5. The van der Waals surface area contributed by atoms with Crippen molar-refractivity contribution in [3.05, 3.63) is 105 Å². The van der Waals surface area contributed by atoms with Gasteiger partial charge in [0.15, 0.2) is 0 Å². The average molecular weight is 464 g/mol. The largest absolute Gasteiger partial charge is 0.489 e. The first-order valence-electron chi connectivity index (χ1n) is 9.85. The van der Waals surface area contributed by atoms with Gasteiger partial charge in [0, 0.05) is 21.5 Å². The second kappa shape index (κ2) is 9.81. The number of fused-ring (bicyclic) bond motifs is 1. The first-order chi connectivity index (χ1) is 15.5. The summed E-state index contributed by atoms with van der Waals surface area (Å²) >= 11 is 12.1. The van der Waals surface area contributed by atoms with Crippen LogP contribution in [0.1, 0.15) is 27.0 Å². The maximum Gasteiger partial charge on any atom is 0.271 e. The minimum absolute atomic E-state index is 0.325. The molecule has 1 aromatic heterocycles. The van der Waals surface area contributed by atoms with Gasteiger partial charge in [-0.2, -0.15) is 5.10 Å². The van der Waals surface area contributed by atoms with E-state index in [0.717, 1.165) is 27.8 Å². The summed E-state index contributed by atoms with van der Waals surface area (Å²) in [6.07, 6.45) is 1.49. The highest BCUT2D eigenvalue weighted by molar-refractivity contribution is 6.32. The minimum atomic E-state index is -0.327. The van der Waals surface area contributed by atoms with E-state index in [-0.39, 0.29) is 5.91 Å². The van der Waals surface area contributed by atoms with Crippen LogP contribution in [0.5, 0.6) is 5.75 Å². The van der Waals surface area contributed by atoms with Crippen molar-refractivity contribution in [1.29, 1.82) is 0 Å². The SMILES string of the molecule is Cc1ccc2cc(/C=N/NC(=O)c3ccc(COc4ccc(Cl)cc4)cc3)c(Cl)nc2c1. The molecule has 1 heterocycles. The van der Waals surface area contributed by atoms with E-state index in [4.69, 9.17) is 27.9 Å². The van der Waals surface area contributed by atoms with Crippen LogP contribution in [0.15, 0.2) is 77.9 Å². The van der Waals surface area contributed by atoms with Crippen molar-refractivity contribution in [3.8, 4) is 5.75 Å². The third-order valence-electron chi connectivity index (χ3n) is 4.76. The normalized spacial score (nSPS) is 11.1. The number of hydrogen-bond acceptors (Lipinski definition) is 4. The van der Waals surface area contributed by atoms with Crippen molar-refractivity contribution in [2.45, 2.75) is 13.5 Å². The number of carbonyl (C=O) groups is 1. The van der Waals surface area contributed by atoms with Gasteiger partial charge >= 0.3 is 0 Å². The minimum Gasteiger partial charge on any atom is -0.489 e. The summed E-state index contributed by atoms with van der Waals surface area (Å²) in [5.41, 5.74) is 6.48. The lowest BCUT2D eigenvalue weighted by atomic mass is 10.1. The maximum absolute atomic E-state index is 12.4. The van der Waals surface area contributed by atoms with E-state index in [1.54, 1.807) is 36.4 Å². The van der Waals surface area contributed by atoms with Crippen molar-refractivity contribution in [2.75, 3.05) is 0 Å². The molecule has 1 N–H and O–H groups in total. The number of nitrogens with one attached hydrogen (secondary N) is 1. The highest BCUT2D eigenvalue weighted by Crippen LogP contribution is 2.20. The maximum atomic E-state index is 12.4. The van der Waals surface area contributed by atoms with E-state index in [9.17, 15) is 4.79 Å². The molecule has 0 spiro atoms. The average Bonchev–Trinajstić information content (AvgIpc) is 2.79. The molecule has 0 saturated heterocycles. The summed E-state index contributed by atoms with van der Waals surface area (Å²) in [7, 11) is 0. The van der Waals surface area contributed by atoms with Crippen LogP contribution in [-0.4, -0.2) is 17.1 Å². The zero-order chi connectivity index (χ0) is 22.5. The number of carbonyl (C=O) groups excluding carboxylic acids is 1. The Labute approximate surface area is 195 Å². The Morgan fingerprint density at radius 3 is 2.53 bits per heavy atom. The molecule has 0 aliphatic heterocycles. The fourth-order valence-corrected chi connectivity index (χ4v) is 3.36. The Morgan fingerprint density at radius 1 is 1.03 bits per heavy atom. The quantitative estimate of drug-likeness (QED) is 0.210. The van der Waals surface area contributed by atoms with Gasteiger partial charge in [-0.05, 0) is 66.6 Å². The number of amides is 1. The summed E-state index contributed by atoms with van der Waals surface area (Å²) < 4.78 is 5.71. The zero-order valence-corrected chi connectivity index (χ0v) is 18.7. The standard InChI is InChI=1S/C25H19Cl2N3O2/c1-16-2-5-19-13-20(24(27)29-23(19)12-16)14-28-30-25(31)18-6-3-17(4-7-18)15-32-22-10-8-21(26)9-11-22/h2-14H,15H2,1H3,(H,30,31)/b28-14+. The molecule has 32 heavy (non-hydrogen) atoms. The summed E-state index contributed by atoms with van der Waals surface area (Å²) in [4.78, 5) is 16.8. The third kappa shape index (κ3) is 5.44. The van der Waals surface area contributed by atoms with Gasteiger partial charge in [0.05, 0.1) is 11.7 Å². The van der Waals surface area contributed by atoms with E-state index in [1.807, 2.05) is 43.3 Å². The molecular weight excluding hydrogens is 445 g/mol. The number of nitrogens with zero attached hydrogens (tertiary/aromatic N) is 2. The van der Waals surface area contributed by atoms with Crippen LogP contribution < -0.4 is 10.2 Å². The van der Waals surface area contributed by atoms with Crippen LogP contribution in [0.25, 0.3) is 10.9 Å². The second-order valence-electron chi connectivity index (χ2n) is 7.20. The van der Waals surface area contributed by atoms with Crippen LogP contribution in [0, 0.1) is 6.92 Å². The molecule has 0 radical (unpaired) electrons. The van der Waals surface area contributed by atoms with Crippen LogP contribution in [0.4, 0.5) is 0 Å². The van der Waals surface area contributed by atoms with Crippen LogP contribution in [0.2, 0.25) is 10.2 Å².